The van der Waals surface area contributed by atoms with Gasteiger partial charge in [0.15, 0.2) is 5.66 Å². The van der Waals surface area contributed by atoms with Crippen LogP contribution in [0.2, 0.25) is 10.0 Å². The van der Waals surface area contributed by atoms with E-state index < -0.39 is 5.66 Å². The van der Waals surface area contributed by atoms with Gasteiger partial charge in [-0.25, -0.2) is 5.01 Å². The summed E-state index contributed by atoms with van der Waals surface area (Å²) in [6.45, 7) is 2.09. The van der Waals surface area contributed by atoms with Crippen molar-refractivity contribution in [2.24, 2.45) is 10.3 Å². The summed E-state index contributed by atoms with van der Waals surface area (Å²) in [5, 5.41) is 13.0. The molecule has 2 unspecified atom stereocenters. The Kier molecular flexibility index (Phi) is 4.59. The number of hydrogen-bond donors (Lipinski definition) is 0. The minimum atomic E-state index is -0.423. The topological polar surface area (TPSA) is 31.2 Å². The summed E-state index contributed by atoms with van der Waals surface area (Å²) in [6, 6.07) is 14.2. The minimum Gasteiger partial charge on any atom is -0.274 e. The van der Waals surface area contributed by atoms with Gasteiger partial charge in [0.2, 0.25) is 0 Å². The first kappa shape index (κ1) is 17.8. The number of thioether (sulfide) groups is 1. The van der Waals surface area contributed by atoms with Crippen molar-refractivity contribution < 1.29 is 0 Å². The fraction of sp³-hybridized carbons (Fsp3) is 0.400. The molecule has 3 heterocycles. The molecule has 2 aromatic carbocycles. The van der Waals surface area contributed by atoms with Crippen LogP contribution in [0.4, 0.5) is 5.69 Å². The molecule has 0 spiro atoms. The Bertz CT molecular complexity index is 882. The second kappa shape index (κ2) is 6.96. The summed E-state index contributed by atoms with van der Waals surface area (Å²) in [4.78, 5) is 3.84. The average Bonchev–Trinajstić information content (AvgIpc) is 3.29. The molecule has 0 aromatic heterocycles. The molecule has 2 aromatic rings. The van der Waals surface area contributed by atoms with Crippen LogP contribution in [0.3, 0.4) is 0 Å². The molecule has 0 aliphatic carbocycles. The van der Waals surface area contributed by atoms with Crippen molar-refractivity contribution in [1.29, 1.82) is 0 Å². The summed E-state index contributed by atoms with van der Waals surface area (Å²) in [6.07, 6.45) is 3.39. The molecule has 2 atom stereocenters. The highest BCUT2D eigenvalue weighted by Gasteiger charge is 2.57. The Morgan fingerprint density at radius 2 is 1.74 bits per heavy atom. The number of rotatable bonds is 2. The smallest absolute Gasteiger partial charge is 0.168 e. The number of fused-ring (bicyclic) bond motifs is 3. The molecule has 1 fully saturated rings. The van der Waals surface area contributed by atoms with E-state index in [0.29, 0.717) is 0 Å². The monoisotopic (exact) mass is 418 g/mol. The molecule has 0 amide bonds. The number of anilines is 1. The number of likely N-dealkylation sites (tertiary alicyclic amines) is 1. The molecular weight excluding hydrogens is 399 g/mol. The third-order valence-electron chi connectivity index (χ3n) is 5.71. The van der Waals surface area contributed by atoms with Crippen molar-refractivity contribution in [1.82, 2.24) is 4.90 Å². The quantitative estimate of drug-likeness (QED) is 0.599. The van der Waals surface area contributed by atoms with E-state index in [2.05, 4.69) is 27.3 Å². The van der Waals surface area contributed by atoms with Crippen molar-refractivity contribution in [3.63, 3.8) is 0 Å². The van der Waals surface area contributed by atoms with Crippen LogP contribution in [0.25, 0.3) is 0 Å². The molecule has 27 heavy (non-hydrogen) atoms. The fourth-order valence-electron chi connectivity index (χ4n) is 4.56. The van der Waals surface area contributed by atoms with Crippen LogP contribution in [-0.2, 0) is 5.66 Å². The van der Waals surface area contributed by atoms with Gasteiger partial charge in [0.25, 0.3) is 0 Å². The highest BCUT2D eigenvalue weighted by molar-refractivity contribution is 7.99. The Labute approximate surface area is 173 Å². The maximum absolute atomic E-state index is 6.48. The molecular formula is C20H20Cl2N4S. The molecule has 4 nitrogen and oxygen atoms in total. The third kappa shape index (κ3) is 2.79. The lowest BCUT2D eigenvalue weighted by atomic mass is 9.87. The molecule has 7 heteroatoms. The third-order valence-corrected chi connectivity index (χ3v) is 7.31. The lowest BCUT2D eigenvalue weighted by Gasteiger charge is -2.46. The first-order chi connectivity index (χ1) is 13.2. The first-order valence-electron chi connectivity index (χ1n) is 9.34. The minimum absolute atomic E-state index is 0.0819. The van der Waals surface area contributed by atoms with Gasteiger partial charge in [-0.1, -0.05) is 28.4 Å². The molecule has 3 aliphatic rings. The van der Waals surface area contributed by atoms with E-state index in [-0.39, 0.29) is 6.04 Å². The van der Waals surface area contributed by atoms with E-state index in [9.17, 15) is 0 Å². The average molecular weight is 419 g/mol. The van der Waals surface area contributed by atoms with Crippen molar-refractivity contribution >= 4 is 40.7 Å². The largest absolute Gasteiger partial charge is 0.274 e. The maximum Gasteiger partial charge on any atom is 0.168 e. The van der Waals surface area contributed by atoms with E-state index in [4.69, 9.17) is 28.3 Å². The van der Waals surface area contributed by atoms with Crippen LogP contribution in [0.1, 0.15) is 24.8 Å². The van der Waals surface area contributed by atoms with Crippen molar-refractivity contribution in [2.75, 3.05) is 23.9 Å². The van der Waals surface area contributed by atoms with Crippen LogP contribution in [-0.4, -0.2) is 29.8 Å². The SMILES string of the molecule is Clc1ccc(N2N=NC3CCSc4ccc(Cl)cc4C32N2CCCC2)cc1. The van der Waals surface area contributed by atoms with Gasteiger partial charge in [-0.15, -0.1) is 11.8 Å². The van der Waals surface area contributed by atoms with Crippen LogP contribution < -0.4 is 5.01 Å². The summed E-state index contributed by atoms with van der Waals surface area (Å²) in [5.41, 5.74) is 1.81. The second-order valence-corrected chi connectivity index (χ2v) is 9.22. The molecule has 1 saturated heterocycles. The Morgan fingerprint density at radius 3 is 2.52 bits per heavy atom. The number of halogens is 2. The molecule has 0 saturated carbocycles. The molecule has 5 rings (SSSR count). The van der Waals surface area contributed by atoms with Gasteiger partial charge < -0.3 is 0 Å². The van der Waals surface area contributed by atoms with Gasteiger partial charge in [-0.2, -0.15) is 5.11 Å². The zero-order valence-corrected chi connectivity index (χ0v) is 17.1. The molecule has 140 valence electrons. The van der Waals surface area contributed by atoms with Crippen molar-refractivity contribution in [2.45, 2.75) is 35.9 Å². The maximum atomic E-state index is 6.48. The second-order valence-electron chi connectivity index (χ2n) is 7.21. The van der Waals surface area contributed by atoms with Gasteiger partial charge in [-0.3, -0.25) is 4.90 Å². The lowest BCUT2D eigenvalue weighted by Crippen LogP contribution is -2.59. The predicted molar refractivity (Wildman–Crippen MR) is 112 cm³/mol. The first-order valence-corrected chi connectivity index (χ1v) is 11.1. The number of benzene rings is 2. The lowest BCUT2D eigenvalue weighted by molar-refractivity contribution is 0.0958. The zero-order valence-electron chi connectivity index (χ0n) is 14.8. The molecule has 0 bridgehead atoms. The van der Waals surface area contributed by atoms with Crippen LogP contribution in [0.5, 0.6) is 0 Å². The Hall–Kier alpha value is -1.27. The zero-order chi connectivity index (χ0) is 18.4. The van der Waals surface area contributed by atoms with E-state index in [1.807, 2.05) is 42.1 Å². The number of hydrogen-bond acceptors (Lipinski definition) is 5. The van der Waals surface area contributed by atoms with E-state index >= 15 is 0 Å². The summed E-state index contributed by atoms with van der Waals surface area (Å²) in [7, 11) is 0. The molecule has 0 radical (unpaired) electrons. The Morgan fingerprint density at radius 1 is 1.00 bits per heavy atom. The van der Waals surface area contributed by atoms with Crippen LogP contribution in [0.15, 0.2) is 57.7 Å². The fourth-order valence-corrected chi connectivity index (χ4v) is 5.94. The van der Waals surface area contributed by atoms with E-state index in [1.54, 1.807) is 0 Å². The molecule has 0 N–H and O–H groups in total. The van der Waals surface area contributed by atoms with Crippen LogP contribution in [0, 0.1) is 0 Å². The summed E-state index contributed by atoms with van der Waals surface area (Å²) < 4.78 is 0. The van der Waals surface area contributed by atoms with Gasteiger partial charge in [0, 0.05) is 39.3 Å². The van der Waals surface area contributed by atoms with Gasteiger partial charge in [-0.05, 0) is 61.7 Å². The normalized spacial score (nSPS) is 27.5. The highest BCUT2D eigenvalue weighted by atomic mass is 35.5. The summed E-state index contributed by atoms with van der Waals surface area (Å²) >= 11 is 14.5. The predicted octanol–water partition coefficient (Wildman–Crippen LogP) is 5.99. The van der Waals surface area contributed by atoms with Gasteiger partial charge in [0.05, 0.1) is 5.69 Å². The van der Waals surface area contributed by atoms with Crippen LogP contribution >= 0.6 is 35.0 Å². The van der Waals surface area contributed by atoms with Gasteiger partial charge >= 0.3 is 0 Å². The molecule has 3 aliphatic heterocycles. The number of nitrogens with zero attached hydrogens (tertiary/aromatic N) is 4. The highest BCUT2D eigenvalue weighted by Crippen LogP contribution is 2.52. The van der Waals surface area contributed by atoms with Crippen molar-refractivity contribution in [3.05, 3.63) is 58.1 Å². The van der Waals surface area contributed by atoms with E-state index in [1.165, 1.54) is 23.3 Å². The van der Waals surface area contributed by atoms with Gasteiger partial charge in [0.1, 0.15) is 6.04 Å². The van der Waals surface area contributed by atoms with Crippen molar-refractivity contribution in [3.8, 4) is 0 Å². The summed E-state index contributed by atoms with van der Waals surface area (Å²) in [5.74, 6) is 1.03. The standard InChI is InChI=1S/C20H20Cl2N4S/c21-14-3-6-16(7-4-14)26-20(25-10-1-2-11-25)17-13-15(22)5-8-18(17)27-12-9-19(20)23-24-26/h3-8,13,19H,1-2,9-12H2. The van der Waals surface area contributed by atoms with E-state index in [0.717, 1.165) is 41.0 Å². The Balaban J connectivity index is 1.75.